The number of nitrogens with one attached hydrogen (secondary N) is 1. The Hall–Kier alpha value is -3.96. The smallest absolute Gasteiger partial charge is 0.339 e. The van der Waals surface area contributed by atoms with Crippen LogP contribution in [0.25, 0.3) is 6.08 Å². The van der Waals surface area contributed by atoms with E-state index in [-0.39, 0.29) is 26.4 Å². The van der Waals surface area contributed by atoms with Gasteiger partial charge in [-0.15, -0.1) is 0 Å². The number of methoxy groups -OCH3 is 1. The number of aryl methyl sites for hydroxylation is 2. The van der Waals surface area contributed by atoms with Gasteiger partial charge in [0.1, 0.15) is 10.5 Å². The monoisotopic (exact) mass is 584 g/mol. The van der Waals surface area contributed by atoms with E-state index in [1.165, 1.54) is 37.5 Å². The molecule has 9 nitrogen and oxygen atoms in total. The van der Waals surface area contributed by atoms with Crippen LogP contribution in [0.15, 0.2) is 75.6 Å². The Labute approximate surface area is 221 Å². The fourth-order valence-electron chi connectivity index (χ4n) is 3.62. The maximum absolute atomic E-state index is 13.2. The number of urea groups is 1. The zero-order valence-corrected chi connectivity index (χ0v) is 22.3. The molecule has 1 aliphatic heterocycles. The summed E-state index contributed by atoms with van der Waals surface area (Å²) < 4.78 is 36.5. The number of hydrogen-bond donors (Lipinski definition) is 1. The van der Waals surface area contributed by atoms with Crippen LogP contribution < -0.4 is 19.1 Å². The molecule has 190 valence electrons. The number of nitrogens with zero attached hydrogens (tertiary/aromatic N) is 1. The van der Waals surface area contributed by atoms with Crippen LogP contribution >= 0.6 is 15.9 Å². The molecule has 0 bridgehead atoms. The average Bonchev–Trinajstić information content (AvgIpc) is 2.84. The number of halogens is 1. The standard InChI is InChI=1S/C26H21BrN2O7S/c1-15-8-10-18(11-9-15)37(33,34)36-23-20(27)13-17(14-22(23)35-3)12-19-24(30)28-26(32)29(25(19)31)21-7-5-4-6-16(21)2/h4-14H,1-3H3,(H,28,30,32)/b19-12+. The molecule has 4 amide bonds. The first-order valence-electron chi connectivity index (χ1n) is 10.9. The van der Waals surface area contributed by atoms with E-state index in [0.29, 0.717) is 16.8 Å². The van der Waals surface area contributed by atoms with Gasteiger partial charge in [-0.1, -0.05) is 35.9 Å². The van der Waals surface area contributed by atoms with Crippen molar-refractivity contribution in [2.24, 2.45) is 0 Å². The molecule has 1 saturated heterocycles. The van der Waals surface area contributed by atoms with Gasteiger partial charge in [-0.2, -0.15) is 8.42 Å². The van der Waals surface area contributed by atoms with E-state index >= 15 is 0 Å². The summed E-state index contributed by atoms with van der Waals surface area (Å²) in [6.07, 6.45) is 1.28. The number of amides is 4. The van der Waals surface area contributed by atoms with Gasteiger partial charge >= 0.3 is 16.1 Å². The van der Waals surface area contributed by atoms with E-state index in [0.717, 1.165) is 10.5 Å². The minimum absolute atomic E-state index is 0.0346. The lowest BCUT2D eigenvalue weighted by Gasteiger charge is -2.27. The van der Waals surface area contributed by atoms with Crippen LogP contribution in [0.1, 0.15) is 16.7 Å². The lowest BCUT2D eigenvalue weighted by molar-refractivity contribution is -0.122. The van der Waals surface area contributed by atoms with Gasteiger partial charge in [0.05, 0.1) is 17.3 Å². The highest BCUT2D eigenvalue weighted by Gasteiger charge is 2.37. The number of ether oxygens (including phenoxy) is 1. The van der Waals surface area contributed by atoms with Gasteiger partial charge in [-0.25, -0.2) is 9.69 Å². The Balaban J connectivity index is 1.71. The average molecular weight is 585 g/mol. The zero-order valence-electron chi connectivity index (χ0n) is 19.9. The molecular formula is C26H21BrN2O7S. The highest BCUT2D eigenvalue weighted by atomic mass is 79.9. The summed E-state index contributed by atoms with van der Waals surface area (Å²) >= 11 is 3.29. The Morgan fingerprint density at radius 2 is 1.65 bits per heavy atom. The van der Waals surface area contributed by atoms with Gasteiger partial charge in [0.25, 0.3) is 11.8 Å². The second kappa shape index (κ2) is 10.2. The maximum atomic E-state index is 13.2. The van der Waals surface area contributed by atoms with Crippen molar-refractivity contribution in [2.75, 3.05) is 12.0 Å². The number of carbonyl (C=O) groups is 3. The number of benzene rings is 3. The number of barbiturate groups is 1. The molecule has 4 rings (SSSR count). The first-order chi connectivity index (χ1) is 17.5. The topological polar surface area (TPSA) is 119 Å². The van der Waals surface area contributed by atoms with E-state index in [9.17, 15) is 22.8 Å². The number of para-hydroxylation sites is 1. The van der Waals surface area contributed by atoms with Crippen molar-refractivity contribution >= 4 is 55.7 Å². The highest BCUT2D eigenvalue weighted by molar-refractivity contribution is 9.10. The van der Waals surface area contributed by atoms with E-state index in [4.69, 9.17) is 8.92 Å². The van der Waals surface area contributed by atoms with Crippen molar-refractivity contribution in [2.45, 2.75) is 18.7 Å². The molecule has 1 N–H and O–H groups in total. The molecule has 0 radical (unpaired) electrons. The van der Waals surface area contributed by atoms with Crippen molar-refractivity contribution in [3.05, 3.63) is 87.4 Å². The number of carbonyl (C=O) groups excluding carboxylic acids is 3. The van der Waals surface area contributed by atoms with Crippen molar-refractivity contribution in [1.29, 1.82) is 0 Å². The summed E-state index contributed by atoms with van der Waals surface area (Å²) in [6, 6.07) is 14.9. The Morgan fingerprint density at radius 1 is 0.973 bits per heavy atom. The number of imide groups is 2. The molecule has 0 aromatic heterocycles. The summed E-state index contributed by atoms with van der Waals surface area (Å²) in [4.78, 5) is 39.1. The molecule has 1 aliphatic rings. The third-order valence-corrected chi connectivity index (χ3v) is 7.35. The third kappa shape index (κ3) is 5.27. The quantitative estimate of drug-likeness (QED) is 0.257. The van der Waals surface area contributed by atoms with Crippen LogP contribution in [-0.4, -0.2) is 33.4 Å². The molecule has 37 heavy (non-hydrogen) atoms. The molecular weight excluding hydrogens is 564 g/mol. The second-order valence-electron chi connectivity index (χ2n) is 8.13. The predicted octanol–water partition coefficient (Wildman–Crippen LogP) is 4.51. The van der Waals surface area contributed by atoms with Crippen LogP contribution in [-0.2, 0) is 19.7 Å². The zero-order chi connectivity index (χ0) is 26.9. The van der Waals surface area contributed by atoms with Gasteiger partial charge in [-0.3, -0.25) is 14.9 Å². The summed E-state index contributed by atoms with van der Waals surface area (Å²) in [5, 5.41) is 2.18. The summed E-state index contributed by atoms with van der Waals surface area (Å²) in [5.74, 6) is -1.74. The molecule has 3 aromatic carbocycles. The van der Waals surface area contributed by atoms with Crippen LogP contribution in [0, 0.1) is 13.8 Å². The largest absolute Gasteiger partial charge is 0.493 e. The van der Waals surface area contributed by atoms with E-state index in [2.05, 4.69) is 21.2 Å². The molecule has 0 aliphatic carbocycles. The molecule has 0 atom stereocenters. The van der Waals surface area contributed by atoms with Crippen LogP contribution in [0.2, 0.25) is 0 Å². The Bertz CT molecular complexity index is 1560. The van der Waals surface area contributed by atoms with E-state index in [1.807, 2.05) is 6.92 Å². The number of rotatable bonds is 6. The van der Waals surface area contributed by atoms with Crippen molar-refractivity contribution in [3.63, 3.8) is 0 Å². The predicted molar refractivity (Wildman–Crippen MR) is 140 cm³/mol. The normalized spacial score (nSPS) is 15.1. The first kappa shape index (κ1) is 26.1. The second-order valence-corrected chi connectivity index (χ2v) is 10.5. The Morgan fingerprint density at radius 3 is 2.30 bits per heavy atom. The minimum atomic E-state index is -4.18. The first-order valence-corrected chi connectivity index (χ1v) is 13.1. The molecule has 0 spiro atoms. The summed E-state index contributed by atoms with van der Waals surface area (Å²) in [5.41, 5.74) is 1.92. The van der Waals surface area contributed by atoms with Crippen LogP contribution in [0.4, 0.5) is 10.5 Å². The van der Waals surface area contributed by atoms with E-state index in [1.54, 1.807) is 43.3 Å². The minimum Gasteiger partial charge on any atom is -0.493 e. The number of anilines is 1. The van der Waals surface area contributed by atoms with Gasteiger partial charge < -0.3 is 8.92 Å². The summed E-state index contributed by atoms with van der Waals surface area (Å²) in [6.45, 7) is 3.57. The Kier molecular flexibility index (Phi) is 7.19. The molecule has 11 heteroatoms. The number of hydrogen-bond acceptors (Lipinski definition) is 7. The van der Waals surface area contributed by atoms with E-state index < -0.39 is 28.0 Å². The van der Waals surface area contributed by atoms with Gasteiger partial charge in [-0.05, 0) is 77.3 Å². The lowest BCUT2D eigenvalue weighted by atomic mass is 10.1. The van der Waals surface area contributed by atoms with Crippen LogP contribution in [0.5, 0.6) is 11.5 Å². The lowest BCUT2D eigenvalue weighted by Crippen LogP contribution is -2.54. The third-order valence-electron chi connectivity index (χ3n) is 5.52. The van der Waals surface area contributed by atoms with Crippen molar-refractivity contribution in [3.8, 4) is 11.5 Å². The molecule has 0 unspecified atom stereocenters. The van der Waals surface area contributed by atoms with Gasteiger partial charge in [0.2, 0.25) is 0 Å². The summed E-state index contributed by atoms with van der Waals surface area (Å²) in [7, 11) is -2.86. The fraction of sp³-hybridized carbons (Fsp3) is 0.115. The van der Waals surface area contributed by atoms with Gasteiger partial charge in [0, 0.05) is 0 Å². The van der Waals surface area contributed by atoms with Gasteiger partial charge in [0.15, 0.2) is 11.5 Å². The molecule has 1 heterocycles. The molecule has 3 aromatic rings. The molecule has 0 saturated carbocycles. The highest BCUT2D eigenvalue weighted by Crippen LogP contribution is 2.39. The molecule has 1 fully saturated rings. The van der Waals surface area contributed by atoms with Crippen LogP contribution in [0.3, 0.4) is 0 Å². The SMILES string of the molecule is COc1cc(/C=C2\C(=O)NC(=O)N(c3ccccc3C)C2=O)cc(Br)c1OS(=O)(=O)c1ccc(C)cc1. The fourth-order valence-corrected chi connectivity index (χ4v) is 5.23. The van der Waals surface area contributed by atoms with Crippen molar-refractivity contribution in [1.82, 2.24) is 5.32 Å². The van der Waals surface area contributed by atoms with Crippen molar-refractivity contribution < 1.29 is 31.7 Å². The maximum Gasteiger partial charge on any atom is 0.339 e.